The first-order chi connectivity index (χ1) is 13.6. The maximum absolute atomic E-state index is 13.1. The van der Waals surface area contributed by atoms with Crippen molar-refractivity contribution in [3.63, 3.8) is 0 Å². The Hall–Kier alpha value is -2.15. The lowest BCUT2D eigenvalue weighted by atomic mass is 10.0. The molecule has 4 rings (SSSR count). The van der Waals surface area contributed by atoms with Crippen molar-refractivity contribution in [1.29, 1.82) is 0 Å². The molecule has 1 aromatic carbocycles. The van der Waals surface area contributed by atoms with Gasteiger partial charge in [-0.1, -0.05) is 35.0 Å². The van der Waals surface area contributed by atoms with Gasteiger partial charge in [0.1, 0.15) is 17.0 Å². The van der Waals surface area contributed by atoms with Gasteiger partial charge in [0.2, 0.25) is 0 Å². The third-order valence-electron chi connectivity index (χ3n) is 5.18. The number of hydrogen-bond donors (Lipinski definition) is 1. The molecular weight excluding hydrogens is 394 g/mol. The number of rotatable bonds is 6. The van der Waals surface area contributed by atoms with Gasteiger partial charge in [-0.05, 0) is 61.3 Å². The van der Waals surface area contributed by atoms with E-state index in [1.54, 1.807) is 24.3 Å². The highest BCUT2D eigenvalue weighted by molar-refractivity contribution is 7.08. The highest BCUT2D eigenvalue weighted by Gasteiger charge is 2.27. The van der Waals surface area contributed by atoms with Gasteiger partial charge in [0.15, 0.2) is 0 Å². The summed E-state index contributed by atoms with van der Waals surface area (Å²) < 4.78 is 5.33. The second kappa shape index (κ2) is 8.47. The number of hydrogen-bond acceptors (Lipinski definition) is 5. The van der Waals surface area contributed by atoms with Crippen LogP contribution < -0.4 is 5.32 Å². The van der Waals surface area contributed by atoms with E-state index >= 15 is 0 Å². The van der Waals surface area contributed by atoms with Gasteiger partial charge in [0.25, 0.3) is 5.91 Å². The molecule has 0 bridgehead atoms. The minimum atomic E-state index is -0.187. The number of nitrogens with zero attached hydrogens (tertiary/aromatic N) is 2. The number of carbonyl (C=O) groups is 1. The van der Waals surface area contributed by atoms with E-state index in [0.717, 1.165) is 13.1 Å². The first kappa shape index (κ1) is 19.2. The summed E-state index contributed by atoms with van der Waals surface area (Å²) in [6, 6.07) is 9.66. The third-order valence-corrected chi connectivity index (χ3v) is 6.22. The van der Waals surface area contributed by atoms with Gasteiger partial charge in [-0.25, -0.2) is 0 Å². The van der Waals surface area contributed by atoms with E-state index < -0.39 is 0 Å². The van der Waals surface area contributed by atoms with Gasteiger partial charge >= 0.3 is 0 Å². The molecule has 1 aliphatic rings. The van der Waals surface area contributed by atoms with E-state index in [0.29, 0.717) is 34.1 Å². The normalized spacial score (nSPS) is 15.6. The minimum Gasteiger partial charge on any atom is -0.360 e. The van der Waals surface area contributed by atoms with Crippen molar-refractivity contribution in [3.05, 3.63) is 63.0 Å². The molecule has 28 heavy (non-hydrogen) atoms. The highest BCUT2D eigenvalue weighted by Crippen LogP contribution is 2.31. The summed E-state index contributed by atoms with van der Waals surface area (Å²) in [4.78, 5) is 15.5. The minimum absolute atomic E-state index is 0.182. The standard InChI is InChI=1S/C21H22ClN3O2S/c1-14-19(20(24-27-14)16-6-2-3-7-17(16)22)21(26)23-12-18(15-8-11-28-13-15)25-9-4-5-10-25/h2-3,6-8,11,13,18H,4-5,9-10,12H2,1H3,(H,23,26)/t18-/m1/s1. The van der Waals surface area contributed by atoms with E-state index in [2.05, 4.69) is 32.2 Å². The molecule has 3 heterocycles. The zero-order valence-corrected chi connectivity index (χ0v) is 17.2. The number of likely N-dealkylation sites (tertiary alicyclic amines) is 1. The number of benzene rings is 1. The summed E-state index contributed by atoms with van der Waals surface area (Å²) >= 11 is 7.99. The Kier molecular flexibility index (Phi) is 5.80. The first-order valence-electron chi connectivity index (χ1n) is 9.40. The SMILES string of the molecule is Cc1onc(-c2ccccc2Cl)c1C(=O)NC[C@H](c1ccsc1)N1CCCC1. The lowest BCUT2D eigenvalue weighted by Gasteiger charge is -2.27. The summed E-state index contributed by atoms with van der Waals surface area (Å²) in [6.45, 7) is 4.42. The van der Waals surface area contributed by atoms with Crippen LogP contribution in [0.5, 0.6) is 0 Å². The summed E-state index contributed by atoms with van der Waals surface area (Å²) in [6.07, 6.45) is 2.41. The van der Waals surface area contributed by atoms with Crippen LogP contribution in [0.4, 0.5) is 0 Å². The van der Waals surface area contributed by atoms with Gasteiger partial charge in [0, 0.05) is 12.1 Å². The maximum Gasteiger partial charge on any atom is 0.257 e. The first-order valence-corrected chi connectivity index (χ1v) is 10.7. The molecule has 7 heteroatoms. The van der Waals surface area contributed by atoms with E-state index in [1.807, 2.05) is 18.2 Å². The van der Waals surface area contributed by atoms with E-state index in [1.165, 1.54) is 18.4 Å². The molecule has 1 atom stereocenters. The fourth-order valence-corrected chi connectivity index (χ4v) is 4.66. The second-order valence-corrected chi connectivity index (χ2v) is 8.16. The number of carbonyl (C=O) groups excluding carboxylic acids is 1. The zero-order chi connectivity index (χ0) is 19.5. The molecule has 1 fully saturated rings. The number of aryl methyl sites for hydroxylation is 1. The van der Waals surface area contributed by atoms with E-state index in [4.69, 9.17) is 16.1 Å². The Labute approximate surface area is 173 Å². The van der Waals surface area contributed by atoms with Crippen molar-refractivity contribution < 1.29 is 9.32 Å². The number of aromatic nitrogens is 1. The maximum atomic E-state index is 13.1. The Morgan fingerprint density at radius 1 is 1.32 bits per heavy atom. The number of amides is 1. The smallest absolute Gasteiger partial charge is 0.257 e. The van der Waals surface area contributed by atoms with Gasteiger partial charge in [-0.15, -0.1) is 0 Å². The fourth-order valence-electron chi connectivity index (χ4n) is 3.73. The number of nitrogens with one attached hydrogen (secondary N) is 1. The monoisotopic (exact) mass is 415 g/mol. The molecule has 1 saturated heterocycles. The lowest BCUT2D eigenvalue weighted by molar-refractivity contribution is 0.0937. The Morgan fingerprint density at radius 2 is 2.11 bits per heavy atom. The van der Waals surface area contributed by atoms with E-state index in [9.17, 15) is 4.79 Å². The van der Waals surface area contributed by atoms with Crippen LogP contribution in [0, 0.1) is 6.92 Å². The predicted molar refractivity (Wildman–Crippen MR) is 112 cm³/mol. The average molecular weight is 416 g/mol. The van der Waals surface area contributed by atoms with Crippen LogP contribution in [-0.2, 0) is 0 Å². The summed E-state index contributed by atoms with van der Waals surface area (Å²) in [7, 11) is 0. The van der Waals surface area contributed by atoms with Crippen LogP contribution in [0.25, 0.3) is 11.3 Å². The van der Waals surface area contributed by atoms with Crippen molar-refractivity contribution in [1.82, 2.24) is 15.4 Å². The average Bonchev–Trinajstić information content (AvgIpc) is 3.44. The molecule has 5 nitrogen and oxygen atoms in total. The zero-order valence-electron chi connectivity index (χ0n) is 15.7. The van der Waals surface area contributed by atoms with Crippen LogP contribution >= 0.6 is 22.9 Å². The van der Waals surface area contributed by atoms with Crippen LogP contribution in [0.2, 0.25) is 5.02 Å². The molecule has 1 aliphatic heterocycles. The summed E-state index contributed by atoms with van der Waals surface area (Å²) in [5.74, 6) is 0.300. The van der Waals surface area contributed by atoms with Crippen LogP contribution in [0.15, 0.2) is 45.6 Å². The molecule has 1 amide bonds. The topological polar surface area (TPSA) is 58.4 Å². The molecular formula is C21H22ClN3O2S. The third kappa shape index (κ3) is 3.85. The lowest BCUT2D eigenvalue weighted by Crippen LogP contribution is -2.36. The van der Waals surface area contributed by atoms with Gasteiger partial charge in [0.05, 0.1) is 11.1 Å². The van der Waals surface area contributed by atoms with Crippen molar-refractivity contribution in [2.45, 2.75) is 25.8 Å². The highest BCUT2D eigenvalue weighted by atomic mass is 35.5. The molecule has 0 unspecified atom stereocenters. The van der Waals surface area contributed by atoms with Crippen LogP contribution in [0.3, 0.4) is 0 Å². The summed E-state index contributed by atoms with van der Waals surface area (Å²) in [5.41, 5.74) is 2.87. The Balaban J connectivity index is 1.55. The van der Waals surface area contributed by atoms with Gasteiger partial charge in [-0.3, -0.25) is 9.69 Å². The molecule has 0 spiro atoms. The largest absolute Gasteiger partial charge is 0.360 e. The van der Waals surface area contributed by atoms with Crippen LogP contribution in [-0.4, -0.2) is 35.6 Å². The van der Waals surface area contributed by atoms with Crippen molar-refractivity contribution >= 4 is 28.8 Å². The Morgan fingerprint density at radius 3 is 2.82 bits per heavy atom. The molecule has 2 aromatic heterocycles. The van der Waals surface area contributed by atoms with E-state index in [-0.39, 0.29) is 11.9 Å². The summed E-state index contributed by atoms with van der Waals surface area (Å²) in [5, 5.41) is 12.0. The molecule has 146 valence electrons. The van der Waals surface area contributed by atoms with Crippen molar-refractivity contribution in [2.24, 2.45) is 0 Å². The van der Waals surface area contributed by atoms with Crippen molar-refractivity contribution in [3.8, 4) is 11.3 Å². The van der Waals surface area contributed by atoms with Crippen LogP contribution in [0.1, 0.15) is 40.6 Å². The molecule has 0 saturated carbocycles. The molecule has 1 N–H and O–H groups in total. The number of halogens is 1. The molecule has 0 radical (unpaired) electrons. The van der Waals surface area contributed by atoms with Crippen molar-refractivity contribution in [2.75, 3.05) is 19.6 Å². The van der Waals surface area contributed by atoms with Gasteiger partial charge < -0.3 is 9.84 Å². The van der Waals surface area contributed by atoms with Gasteiger partial charge in [-0.2, -0.15) is 11.3 Å². The quantitative estimate of drug-likeness (QED) is 0.620. The predicted octanol–water partition coefficient (Wildman–Crippen LogP) is 4.93. The molecule has 0 aliphatic carbocycles. The second-order valence-electron chi connectivity index (χ2n) is 6.97. The molecule has 3 aromatic rings. The number of thiophene rings is 1. The fraction of sp³-hybridized carbons (Fsp3) is 0.333. The Bertz CT molecular complexity index is 948.